The van der Waals surface area contributed by atoms with Gasteiger partial charge in [0.05, 0.1) is 27.6 Å². The molecule has 0 heterocycles. The van der Waals surface area contributed by atoms with Gasteiger partial charge in [0.15, 0.2) is 5.78 Å². The molecule has 1 aromatic rings. The van der Waals surface area contributed by atoms with Crippen LogP contribution in [-0.4, -0.2) is 66.6 Å². The highest BCUT2D eigenvalue weighted by atomic mass is 16.6. The van der Waals surface area contributed by atoms with Gasteiger partial charge in [-0.1, -0.05) is 37.3 Å². The summed E-state index contributed by atoms with van der Waals surface area (Å²) < 4.78 is 5.77. The number of carboxylic acids is 1. The predicted octanol–water partition coefficient (Wildman–Crippen LogP) is 0.998. The number of ketones is 1. The molecule has 0 spiro atoms. The Labute approximate surface area is 154 Å². The van der Waals surface area contributed by atoms with Crippen LogP contribution < -0.4 is 5.73 Å². The van der Waals surface area contributed by atoms with Crippen LogP contribution in [-0.2, 0) is 25.5 Å². The number of carbonyl (C=O) groups excluding carboxylic acids is 2. The summed E-state index contributed by atoms with van der Waals surface area (Å²) >= 11 is 0. The highest BCUT2D eigenvalue weighted by Gasteiger charge is 2.48. The topological polar surface area (TPSA) is 107 Å². The van der Waals surface area contributed by atoms with Crippen molar-refractivity contribution in [3.63, 3.8) is 0 Å². The Kier molecular flexibility index (Phi) is 7.47. The van der Waals surface area contributed by atoms with Crippen LogP contribution >= 0.6 is 0 Å². The number of nitrogens with zero attached hydrogens (tertiary/aromatic N) is 1. The number of nitrogens with two attached hydrogens (primary N) is 1. The molecular formula is C19H29N2O5+. The number of quaternary nitrogens is 1. The van der Waals surface area contributed by atoms with Gasteiger partial charge in [-0.3, -0.25) is 14.4 Å². The van der Waals surface area contributed by atoms with E-state index in [2.05, 4.69) is 0 Å². The number of hydrogen-bond acceptors (Lipinski definition) is 5. The summed E-state index contributed by atoms with van der Waals surface area (Å²) in [5, 5.41) is 9.30. The summed E-state index contributed by atoms with van der Waals surface area (Å²) in [6.45, 7) is 1.67. The maximum atomic E-state index is 12.6. The maximum Gasteiger partial charge on any atom is 0.324 e. The van der Waals surface area contributed by atoms with Gasteiger partial charge in [-0.15, -0.1) is 0 Å². The Morgan fingerprint density at radius 2 is 1.77 bits per heavy atom. The molecule has 0 amide bonds. The van der Waals surface area contributed by atoms with Crippen molar-refractivity contribution < 1.29 is 28.7 Å². The van der Waals surface area contributed by atoms with E-state index < -0.39 is 35.8 Å². The summed E-state index contributed by atoms with van der Waals surface area (Å²) in [5.74, 6) is -2.40. The van der Waals surface area contributed by atoms with E-state index in [1.807, 2.05) is 30.3 Å². The number of Topliss-reactive ketones (excluding diaryl/α,β-unsaturated/α-hetero) is 1. The predicted molar refractivity (Wildman–Crippen MR) is 97.4 cm³/mol. The van der Waals surface area contributed by atoms with Crippen molar-refractivity contribution >= 4 is 17.7 Å². The van der Waals surface area contributed by atoms with E-state index in [0.29, 0.717) is 0 Å². The molecule has 1 aromatic carbocycles. The minimum Gasteiger partial charge on any atom is -0.481 e. The number of ether oxygens (including phenoxy) is 1. The fraction of sp³-hybridized carbons (Fsp3) is 0.526. The van der Waals surface area contributed by atoms with Gasteiger partial charge in [0.2, 0.25) is 5.60 Å². The van der Waals surface area contributed by atoms with Gasteiger partial charge in [0.25, 0.3) is 0 Å². The molecule has 0 saturated carbocycles. The van der Waals surface area contributed by atoms with Crippen LogP contribution in [0.15, 0.2) is 30.3 Å². The first-order valence-electron chi connectivity index (χ1n) is 8.57. The van der Waals surface area contributed by atoms with E-state index in [1.165, 1.54) is 0 Å². The van der Waals surface area contributed by atoms with E-state index in [-0.39, 0.29) is 23.9 Å². The standard InChI is InChI=1S/C19H28N2O5/c1-5-16(22)19(12-17(23)24,13-21(2,3)4)26-18(25)15(20)11-14-9-7-6-8-10-14/h6-10,15H,5,11-13,20H2,1-4H3/p+1/t15-,19+/m0/s1. The van der Waals surface area contributed by atoms with E-state index >= 15 is 0 Å². The van der Waals surface area contributed by atoms with Gasteiger partial charge in [0.1, 0.15) is 12.6 Å². The fourth-order valence-corrected chi connectivity index (χ4v) is 2.92. The zero-order chi connectivity index (χ0) is 20.0. The van der Waals surface area contributed by atoms with Crippen molar-refractivity contribution in [2.24, 2.45) is 5.73 Å². The van der Waals surface area contributed by atoms with E-state index in [0.717, 1.165) is 5.56 Å². The van der Waals surface area contributed by atoms with Crippen molar-refractivity contribution in [1.29, 1.82) is 0 Å². The Hall–Kier alpha value is -2.25. The van der Waals surface area contributed by atoms with E-state index in [1.54, 1.807) is 28.1 Å². The smallest absolute Gasteiger partial charge is 0.324 e. The molecule has 0 aliphatic rings. The third-order valence-electron chi connectivity index (χ3n) is 3.89. The van der Waals surface area contributed by atoms with Crippen molar-refractivity contribution in [3.8, 4) is 0 Å². The number of hydrogen-bond donors (Lipinski definition) is 2. The molecule has 1 rings (SSSR count). The average Bonchev–Trinajstić information content (AvgIpc) is 2.52. The lowest BCUT2D eigenvalue weighted by Gasteiger charge is -2.37. The molecule has 26 heavy (non-hydrogen) atoms. The second-order valence-corrected chi connectivity index (χ2v) is 7.51. The van der Waals surface area contributed by atoms with Crippen LogP contribution in [0.2, 0.25) is 0 Å². The van der Waals surface area contributed by atoms with Gasteiger partial charge in [-0.05, 0) is 12.0 Å². The molecule has 0 aliphatic heterocycles. The molecule has 0 aromatic heterocycles. The Morgan fingerprint density at radius 1 is 1.19 bits per heavy atom. The molecular weight excluding hydrogens is 336 g/mol. The highest BCUT2D eigenvalue weighted by Crippen LogP contribution is 2.24. The van der Waals surface area contributed by atoms with Crippen molar-refractivity contribution in [3.05, 3.63) is 35.9 Å². The van der Waals surface area contributed by atoms with Crippen molar-refractivity contribution in [2.75, 3.05) is 27.7 Å². The Balaban J connectivity index is 3.06. The minimum absolute atomic E-state index is 0.0514. The fourth-order valence-electron chi connectivity index (χ4n) is 2.92. The van der Waals surface area contributed by atoms with Crippen molar-refractivity contribution in [2.45, 2.75) is 37.8 Å². The molecule has 2 atom stereocenters. The van der Waals surface area contributed by atoms with E-state index in [4.69, 9.17) is 10.5 Å². The molecule has 3 N–H and O–H groups in total. The van der Waals surface area contributed by atoms with Crippen LogP contribution in [0.1, 0.15) is 25.3 Å². The second-order valence-electron chi connectivity index (χ2n) is 7.51. The SMILES string of the molecule is CCC(=O)[C@@](CC(=O)O)(C[N+](C)(C)C)OC(=O)[C@@H](N)Cc1ccccc1. The summed E-state index contributed by atoms with van der Waals surface area (Å²) in [7, 11) is 5.41. The van der Waals surface area contributed by atoms with Crippen LogP contribution in [0.25, 0.3) is 0 Å². The number of likely N-dealkylation sites (N-methyl/N-ethyl adjacent to an activating group) is 1. The summed E-state index contributed by atoms with van der Waals surface area (Å²) in [4.78, 5) is 36.5. The average molecular weight is 365 g/mol. The van der Waals surface area contributed by atoms with Crippen LogP contribution in [0.3, 0.4) is 0 Å². The molecule has 144 valence electrons. The first-order chi connectivity index (χ1) is 12.0. The van der Waals surface area contributed by atoms with Gasteiger partial charge >= 0.3 is 11.9 Å². The summed E-state index contributed by atoms with van der Waals surface area (Å²) in [5.41, 5.74) is 5.08. The van der Waals surface area contributed by atoms with Gasteiger partial charge < -0.3 is 20.1 Å². The molecule has 0 saturated heterocycles. The van der Waals surface area contributed by atoms with Gasteiger partial charge in [0, 0.05) is 6.42 Å². The van der Waals surface area contributed by atoms with Gasteiger partial charge in [-0.25, -0.2) is 0 Å². The zero-order valence-corrected chi connectivity index (χ0v) is 15.9. The quantitative estimate of drug-likeness (QED) is 0.473. The van der Waals surface area contributed by atoms with Crippen LogP contribution in [0.4, 0.5) is 0 Å². The monoisotopic (exact) mass is 365 g/mol. The Morgan fingerprint density at radius 3 is 2.23 bits per heavy atom. The molecule has 0 fully saturated rings. The largest absolute Gasteiger partial charge is 0.481 e. The lowest BCUT2D eigenvalue weighted by atomic mass is 9.90. The number of rotatable bonds is 10. The highest BCUT2D eigenvalue weighted by molar-refractivity contribution is 5.93. The molecule has 0 unspecified atom stereocenters. The number of benzene rings is 1. The number of carboxylic acid groups (broad SMARTS) is 1. The second kappa shape index (κ2) is 8.91. The maximum absolute atomic E-state index is 12.6. The molecule has 0 aliphatic carbocycles. The zero-order valence-electron chi connectivity index (χ0n) is 15.9. The summed E-state index contributed by atoms with van der Waals surface area (Å²) in [6, 6.07) is 8.20. The normalized spacial score (nSPS) is 15.0. The first kappa shape index (κ1) is 21.8. The van der Waals surface area contributed by atoms with Crippen molar-refractivity contribution in [1.82, 2.24) is 0 Å². The third kappa shape index (κ3) is 6.57. The number of carbonyl (C=O) groups is 3. The van der Waals surface area contributed by atoms with Crippen LogP contribution in [0.5, 0.6) is 0 Å². The Bertz CT molecular complexity index is 639. The molecule has 7 heteroatoms. The lowest BCUT2D eigenvalue weighted by molar-refractivity contribution is -0.875. The summed E-state index contributed by atoms with van der Waals surface area (Å²) in [6.07, 6.45) is -0.277. The number of aliphatic carboxylic acids is 1. The molecule has 0 radical (unpaired) electrons. The minimum atomic E-state index is -1.73. The van der Waals surface area contributed by atoms with Gasteiger partial charge in [-0.2, -0.15) is 0 Å². The number of esters is 1. The lowest BCUT2D eigenvalue weighted by Crippen LogP contribution is -2.58. The van der Waals surface area contributed by atoms with E-state index in [9.17, 15) is 19.5 Å². The molecule has 7 nitrogen and oxygen atoms in total. The third-order valence-corrected chi connectivity index (χ3v) is 3.89. The molecule has 0 bridgehead atoms. The van der Waals surface area contributed by atoms with Crippen LogP contribution in [0, 0.1) is 0 Å². The first-order valence-corrected chi connectivity index (χ1v) is 8.57.